The lowest BCUT2D eigenvalue weighted by molar-refractivity contribution is -0.134. The average Bonchev–Trinajstić information content (AvgIpc) is 3.08. The maximum atomic E-state index is 14.8. The van der Waals surface area contributed by atoms with Crippen molar-refractivity contribution < 1.29 is 23.9 Å². The fourth-order valence-corrected chi connectivity index (χ4v) is 4.93. The Balaban J connectivity index is 0.00000134. The first-order chi connectivity index (χ1) is 21.8. The topological polar surface area (TPSA) is 106 Å². The average molecular weight is 646 g/mol. The summed E-state index contributed by atoms with van der Waals surface area (Å²) in [7, 11) is 4.07. The highest BCUT2D eigenvalue weighted by Crippen LogP contribution is 2.19. The number of rotatable bonds is 8. The van der Waals surface area contributed by atoms with Gasteiger partial charge in [-0.15, -0.1) is 9.24 Å². The monoisotopic (exact) mass is 645 g/mol. The minimum Gasteiger partial charge on any atom is -0.393 e. The normalized spacial score (nSPS) is 15.4. The van der Waals surface area contributed by atoms with Gasteiger partial charge in [-0.3, -0.25) is 19.3 Å². The Kier molecular flexibility index (Phi) is 19.8. The van der Waals surface area contributed by atoms with E-state index in [9.17, 15) is 23.9 Å². The molecule has 2 aromatic carbocycles. The molecule has 1 atom stereocenters. The van der Waals surface area contributed by atoms with Crippen LogP contribution in [0.1, 0.15) is 78.8 Å². The number of hydrazone groups is 1. The number of likely N-dealkylation sites (tertiary alicyclic amines) is 1. The zero-order chi connectivity index (χ0) is 33.8. The second-order valence-electron chi connectivity index (χ2n) is 10.4. The van der Waals surface area contributed by atoms with Crippen LogP contribution in [0.15, 0.2) is 47.6 Å². The Morgan fingerprint density at radius 3 is 2.13 bits per heavy atom. The van der Waals surface area contributed by atoms with Gasteiger partial charge in [0.1, 0.15) is 5.82 Å². The Morgan fingerprint density at radius 2 is 1.56 bits per heavy atom. The molecule has 0 saturated carbocycles. The molecule has 0 aromatic heterocycles. The molecular formula is C34H53FN5O4P. The molecule has 2 amide bonds. The quantitative estimate of drug-likeness (QED) is 0.190. The number of halogens is 1. The Labute approximate surface area is 271 Å². The van der Waals surface area contributed by atoms with E-state index in [0.717, 1.165) is 6.29 Å². The van der Waals surface area contributed by atoms with Gasteiger partial charge in [0.05, 0.1) is 23.9 Å². The van der Waals surface area contributed by atoms with Crippen LogP contribution in [0, 0.1) is 5.82 Å². The molecule has 2 aliphatic rings. The number of carbonyl (C=O) groups excluding carboxylic acids is 3. The molecule has 0 bridgehead atoms. The minimum absolute atomic E-state index is 0.00798. The van der Waals surface area contributed by atoms with Gasteiger partial charge in [0, 0.05) is 63.9 Å². The number of nitrogens with one attached hydrogen (secondary N) is 1. The van der Waals surface area contributed by atoms with Gasteiger partial charge in [-0.1, -0.05) is 71.1 Å². The number of amides is 2. The predicted octanol–water partition coefficient (Wildman–Crippen LogP) is 4.48. The van der Waals surface area contributed by atoms with Crippen molar-refractivity contribution in [3.8, 4) is 0 Å². The Hall–Kier alpha value is -3.20. The molecule has 0 aliphatic carbocycles. The van der Waals surface area contributed by atoms with Crippen LogP contribution in [0.4, 0.5) is 4.39 Å². The van der Waals surface area contributed by atoms with Crippen LogP contribution in [0.5, 0.6) is 0 Å². The minimum atomic E-state index is -0.607. The second kappa shape index (κ2) is 22.3. The van der Waals surface area contributed by atoms with Gasteiger partial charge in [0.2, 0.25) is 5.91 Å². The highest BCUT2D eigenvalue weighted by molar-refractivity contribution is 7.15. The number of benzene rings is 2. The zero-order valence-electron chi connectivity index (χ0n) is 27.9. The van der Waals surface area contributed by atoms with Gasteiger partial charge in [-0.2, -0.15) is 5.10 Å². The van der Waals surface area contributed by atoms with Crippen molar-refractivity contribution in [1.29, 1.82) is 0 Å². The van der Waals surface area contributed by atoms with Gasteiger partial charge in [-0.25, -0.2) is 4.39 Å². The number of hydrogen-bond acceptors (Lipinski definition) is 7. The molecule has 0 spiro atoms. The van der Waals surface area contributed by atoms with E-state index in [1.54, 1.807) is 41.1 Å². The molecule has 1 unspecified atom stereocenters. The summed E-state index contributed by atoms with van der Waals surface area (Å²) in [5.74, 6) is -1.01. The molecule has 2 aliphatic heterocycles. The summed E-state index contributed by atoms with van der Waals surface area (Å²) in [6.07, 6.45) is 3.37. The molecule has 11 heteroatoms. The summed E-state index contributed by atoms with van der Waals surface area (Å²) < 4.78 is 14.8. The number of aldehydes is 1. The van der Waals surface area contributed by atoms with E-state index in [-0.39, 0.29) is 17.6 Å². The number of piperidine rings is 1. The number of aliphatic hydroxyl groups is 1. The van der Waals surface area contributed by atoms with Crippen LogP contribution in [0.25, 0.3) is 0 Å². The third-order valence-corrected chi connectivity index (χ3v) is 7.11. The lowest BCUT2D eigenvalue weighted by Crippen LogP contribution is -2.53. The SMILES string of the molecule is CC.CCC.CN/N=C(/Cc1ccc(F)c(C(=O)N2CCN(C(=O)CN3CCC(O)CC3)CC2)c1)c1ccccc1C=O.CP. The number of aliphatic hydroxyl groups excluding tert-OH is 1. The number of nitrogens with zero attached hydrogens (tertiary/aromatic N) is 4. The number of hydrogen-bond donors (Lipinski definition) is 2. The van der Waals surface area contributed by atoms with Gasteiger partial charge in [0.15, 0.2) is 6.29 Å². The van der Waals surface area contributed by atoms with Gasteiger partial charge in [0.25, 0.3) is 5.91 Å². The molecule has 9 nitrogen and oxygen atoms in total. The van der Waals surface area contributed by atoms with Gasteiger partial charge in [-0.05, 0) is 30.5 Å². The maximum Gasteiger partial charge on any atom is 0.256 e. The fraction of sp³-hybridized carbons (Fsp3) is 0.529. The zero-order valence-corrected chi connectivity index (χ0v) is 29.0. The Morgan fingerprint density at radius 1 is 0.978 bits per heavy atom. The van der Waals surface area contributed by atoms with E-state index in [1.807, 2.05) is 31.5 Å². The van der Waals surface area contributed by atoms with Crippen molar-refractivity contribution in [3.05, 3.63) is 70.5 Å². The molecule has 2 N–H and O–H groups in total. The van der Waals surface area contributed by atoms with Crippen LogP contribution in [0.2, 0.25) is 0 Å². The van der Waals surface area contributed by atoms with Crippen molar-refractivity contribution in [1.82, 2.24) is 20.1 Å². The third-order valence-electron chi connectivity index (χ3n) is 7.11. The molecule has 2 saturated heterocycles. The first-order valence-corrected chi connectivity index (χ1v) is 17.1. The molecule has 2 heterocycles. The van der Waals surface area contributed by atoms with Crippen molar-refractivity contribution in [3.63, 3.8) is 0 Å². The van der Waals surface area contributed by atoms with Crippen molar-refractivity contribution in [2.75, 3.05) is 59.5 Å². The lowest BCUT2D eigenvalue weighted by Gasteiger charge is -2.36. The van der Waals surface area contributed by atoms with Gasteiger partial charge < -0.3 is 20.3 Å². The molecule has 0 radical (unpaired) electrons. The highest BCUT2D eigenvalue weighted by atomic mass is 31.0. The fourth-order valence-electron chi connectivity index (χ4n) is 4.93. The Bertz CT molecular complexity index is 1210. The van der Waals surface area contributed by atoms with Crippen molar-refractivity contribution in [2.45, 2.75) is 59.5 Å². The van der Waals surface area contributed by atoms with Crippen LogP contribution >= 0.6 is 9.24 Å². The van der Waals surface area contributed by atoms with E-state index in [4.69, 9.17) is 0 Å². The first kappa shape index (κ1) is 39.8. The standard InChI is InChI=1S/C28H34FN5O4.C3H8.C2H6.CH5P/c1-30-31-26(23-5-3-2-4-21(23)19-35)17-20-6-7-25(29)24(16-20)28(38)34-14-12-33(13-15-34)27(37)18-32-10-8-22(36)9-11-32;1-3-2;2*1-2/h2-7,16,19,22,30,36H,8-15,17-18H2,1H3;3H2,1-2H3;1-2H3;2H2,1H3/b31-26-;;;. The second-order valence-corrected chi connectivity index (χ2v) is 10.4. The molecule has 4 rings (SSSR count). The summed E-state index contributed by atoms with van der Waals surface area (Å²) in [4.78, 5) is 42.9. The molecule has 45 heavy (non-hydrogen) atoms. The van der Waals surface area contributed by atoms with E-state index in [2.05, 4.69) is 33.6 Å². The smallest absolute Gasteiger partial charge is 0.256 e. The molecule has 2 fully saturated rings. The van der Waals surface area contributed by atoms with E-state index < -0.39 is 11.7 Å². The summed E-state index contributed by atoms with van der Waals surface area (Å²) >= 11 is 0. The van der Waals surface area contributed by atoms with E-state index in [1.165, 1.54) is 18.6 Å². The van der Waals surface area contributed by atoms with E-state index >= 15 is 0 Å². The van der Waals surface area contributed by atoms with Gasteiger partial charge >= 0.3 is 0 Å². The van der Waals surface area contributed by atoms with Crippen LogP contribution in [-0.4, -0.2) is 109 Å². The summed E-state index contributed by atoms with van der Waals surface area (Å²) in [5.41, 5.74) is 5.16. The third kappa shape index (κ3) is 12.6. The van der Waals surface area contributed by atoms with E-state index in [0.29, 0.717) is 87.5 Å². The largest absolute Gasteiger partial charge is 0.393 e. The highest BCUT2D eigenvalue weighted by Gasteiger charge is 2.28. The van der Waals surface area contributed by atoms with Crippen LogP contribution in [0.3, 0.4) is 0 Å². The summed E-state index contributed by atoms with van der Waals surface area (Å²) in [6, 6.07) is 11.5. The molecule has 2 aromatic rings. The summed E-state index contributed by atoms with van der Waals surface area (Å²) in [6.45, 7) is 13.3. The summed E-state index contributed by atoms with van der Waals surface area (Å²) in [5, 5.41) is 14.0. The van der Waals surface area contributed by atoms with Crippen molar-refractivity contribution >= 4 is 33.1 Å². The molecular weight excluding hydrogens is 592 g/mol. The van der Waals surface area contributed by atoms with Crippen molar-refractivity contribution in [2.24, 2.45) is 5.10 Å². The molecule has 250 valence electrons. The first-order valence-electron chi connectivity index (χ1n) is 15.9. The number of piperazine rings is 1. The number of carbonyl (C=O) groups is 3. The maximum absolute atomic E-state index is 14.8. The van der Waals surface area contributed by atoms with Crippen LogP contribution in [-0.2, 0) is 11.2 Å². The van der Waals surface area contributed by atoms with Crippen LogP contribution < -0.4 is 5.43 Å². The lowest BCUT2D eigenvalue weighted by atomic mass is 9.97. The predicted molar refractivity (Wildman–Crippen MR) is 185 cm³/mol.